The molecule has 2 rings (SSSR count). The second-order valence-corrected chi connectivity index (χ2v) is 6.40. The van der Waals surface area contributed by atoms with Gasteiger partial charge in [-0.2, -0.15) is 0 Å². The van der Waals surface area contributed by atoms with E-state index in [1.54, 1.807) is 6.07 Å². The second kappa shape index (κ2) is 5.27. The molecule has 0 spiro atoms. The maximum absolute atomic E-state index is 6.01. The van der Waals surface area contributed by atoms with E-state index in [2.05, 4.69) is 25.8 Å². The number of pyridine rings is 1. The number of rotatable bonds is 3. The van der Waals surface area contributed by atoms with Gasteiger partial charge in [-0.25, -0.2) is 4.98 Å². The molecule has 2 N–H and O–H groups in total. The number of hydrogen-bond donors (Lipinski definition) is 1. The van der Waals surface area contributed by atoms with E-state index in [0.29, 0.717) is 23.9 Å². The lowest BCUT2D eigenvalue weighted by atomic mass is 9.71. The molecule has 2 unspecified atom stereocenters. The minimum absolute atomic E-state index is 0.354. The lowest BCUT2D eigenvalue weighted by Gasteiger charge is -2.38. The highest BCUT2D eigenvalue weighted by Gasteiger charge is 2.32. The molecule has 0 bridgehead atoms. The third kappa shape index (κ3) is 3.70. The highest BCUT2D eigenvalue weighted by atomic mass is 16.5. The van der Waals surface area contributed by atoms with Gasteiger partial charge in [0.25, 0.3) is 0 Å². The fraction of sp³-hybridized carbons (Fsp3) is 0.667. The zero-order valence-electron chi connectivity index (χ0n) is 11.6. The molecular formula is C15H24N2O. The molecule has 3 heteroatoms. The standard InChI is InChI=1S/C15H24N2O/c1-11-7-13(9-15(2,3)8-11)18-10-12-5-4-6-14(16)17-12/h4-6,11,13H,7-10H2,1-3H3,(H2,16,17). The summed E-state index contributed by atoms with van der Waals surface area (Å²) in [5.41, 5.74) is 6.98. The molecule has 0 aromatic carbocycles. The maximum Gasteiger partial charge on any atom is 0.123 e. The molecule has 0 amide bonds. The van der Waals surface area contributed by atoms with Crippen LogP contribution in [0.3, 0.4) is 0 Å². The highest BCUT2D eigenvalue weighted by Crippen LogP contribution is 2.39. The molecular weight excluding hydrogens is 224 g/mol. The second-order valence-electron chi connectivity index (χ2n) is 6.40. The van der Waals surface area contributed by atoms with Crippen LogP contribution < -0.4 is 5.73 Å². The highest BCUT2D eigenvalue weighted by molar-refractivity contribution is 5.28. The van der Waals surface area contributed by atoms with Crippen LogP contribution in [0.1, 0.15) is 45.7 Å². The topological polar surface area (TPSA) is 48.1 Å². The Morgan fingerprint density at radius 3 is 2.83 bits per heavy atom. The molecule has 0 aliphatic heterocycles. The molecule has 2 atom stereocenters. The average molecular weight is 248 g/mol. The minimum atomic E-state index is 0.354. The van der Waals surface area contributed by atoms with Crippen molar-refractivity contribution in [3.05, 3.63) is 23.9 Å². The Bertz CT molecular complexity index is 403. The molecule has 100 valence electrons. The van der Waals surface area contributed by atoms with Crippen molar-refractivity contribution in [1.29, 1.82) is 0 Å². The van der Waals surface area contributed by atoms with E-state index in [9.17, 15) is 0 Å². The summed E-state index contributed by atoms with van der Waals surface area (Å²) in [7, 11) is 0. The SMILES string of the molecule is CC1CC(OCc2cccc(N)n2)CC(C)(C)C1. The van der Waals surface area contributed by atoms with E-state index in [0.717, 1.165) is 24.5 Å². The Morgan fingerprint density at radius 1 is 1.39 bits per heavy atom. The number of nitrogens with two attached hydrogens (primary N) is 1. The lowest BCUT2D eigenvalue weighted by Crippen LogP contribution is -2.32. The number of anilines is 1. The van der Waals surface area contributed by atoms with Crippen LogP contribution in [0.15, 0.2) is 18.2 Å². The van der Waals surface area contributed by atoms with Crippen molar-refractivity contribution < 1.29 is 4.74 Å². The first kappa shape index (κ1) is 13.3. The van der Waals surface area contributed by atoms with Gasteiger partial charge in [-0.3, -0.25) is 0 Å². The third-order valence-electron chi connectivity index (χ3n) is 3.64. The summed E-state index contributed by atoms with van der Waals surface area (Å²) in [4.78, 5) is 4.27. The normalized spacial score (nSPS) is 27.1. The fourth-order valence-electron chi connectivity index (χ4n) is 3.17. The molecule has 0 radical (unpaired) electrons. The summed E-state index contributed by atoms with van der Waals surface area (Å²) in [6, 6.07) is 5.69. The zero-order valence-corrected chi connectivity index (χ0v) is 11.6. The summed E-state index contributed by atoms with van der Waals surface area (Å²) < 4.78 is 6.01. The molecule has 0 saturated heterocycles. The first-order chi connectivity index (χ1) is 8.44. The van der Waals surface area contributed by atoms with Gasteiger partial charge in [0.2, 0.25) is 0 Å². The van der Waals surface area contributed by atoms with Crippen LogP contribution in [-0.2, 0) is 11.3 Å². The minimum Gasteiger partial charge on any atom is -0.384 e. The van der Waals surface area contributed by atoms with Crippen LogP contribution in [0.2, 0.25) is 0 Å². The molecule has 1 fully saturated rings. The Morgan fingerprint density at radius 2 is 2.17 bits per heavy atom. The van der Waals surface area contributed by atoms with Crippen LogP contribution in [0.25, 0.3) is 0 Å². The molecule has 1 aromatic heterocycles. The van der Waals surface area contributed by atoms with Gasteiger partial charge in [0.1, 0.15) is 5.82 Å². The van der Waals surface area contributed by atoms with Crippen LogP contribution in [-0.4, -0.2) is 11.1 Å². The predicted molar refractivity (Wildman–Crippen MR) is 74.0 cm³/mol. The molecule has 1 aliphatic rings. The molecule has 3 nitrogen and oxygen atoms in total. The molecule has 18 heavy (non-hydrogen) atoms. The van der Waals surface area contributed by atoms with Crippen molar-refractivity contribution in [1.82, 2.24) is 4.98 Å². The van der Waals surface area contributed by atoms with Gasteiger partial charge in [-0.15, -0.1) is 0 Å². The Balaban J connectivity index is 1.90. The van der Waals surface area contributed by atoms with E-state index in [4.69, 9.17) is 10.5 Å². The summed E-state index contributed by atoms with van der Waals surface area (Å²) >= 11 is 0. The largest absolute Gasteiger partial charge is 0.384 e. The van der Waals surface area contributed by atoms with Crippen LogP contribution in [0.4, 0.5) is 5.82 Å². The molecule has 1 saturated carbocycles. The van der Waals surface area contributed by atoms with Gasteiger partial charge in [-0.05, 0) is 42.7 Å². The smallest absolute Gasteiger partial charge is 0.123 e. The van der Waals surface area contributed by atoms with Gasteiger partial charge in [0.15, 0.2) is 0 Å². The van der Waals surface area contributed by atoms with Crippen molar-refractivity contribution in [2.75, 3.05) is 5.73 Å². The first-order valence-electron chi connectivity index (χ1n) is 6.78. The van der Waals surface area contributed by atoms with E-state index in [1.165, 1.54) is 6.42 Å². The van der Waals surface area contributed by atoms with E-state index in [1.807, 2.05) is 12.1 Å². The van der Waals surface area contributed by atoms with E-state index < -0.39 is 0 Å². The third-order valence-corrected chi connectivity index (χ3v) is 3.64. The zero-order chi connectivity index (χ0) is 13.2. The van der Waals surface area contributed by atoms with Gasteiger partial charge in [-0.1, -0.05) is 26.8 Å². The quantitative estimate of drug-likeness (QED) is 0.892. The number of aromatic nitrogens is 1. The van der Waals surface area contributed by atoms with Gasteiger partial charge in [0.05, 0.1) is 18.4 Å². The van der Waals surface area contributed by atoms with Crippen LogP contribution >= 0.6 is 0 Å². The molecule has 1 heterocycles. The number of hydrogen-bond acceptors (Lipinski definition) is 3. The summed E-state index contributed by atoms with van der Waals surface area (Å²) in [6.45, 7) is 7.55. The van der Waals surface area contributed by atoms with Crippen LogP contribution in [0, 0.1) is 11.3 Å². The Labute approximate surface area is 110 Å². The molecule has 1 aliphatic carbocycles. The average Bonchev–Trinajstić information content (AvgIpc) is 2.24. The summed E-state index contributed by atoms with van der Waals surface area (Å²) in [5.74, 6) is 1.31. The van der Waals surface area contributed by atoms with Crippen molar-refractivity contribution >= 4 is 5.82 Å². The summed E-state index contributed by atoms with van der Waals surface area (Å²) in [6.07, 6.45) is 3.95. The number of nitrogen functional groups attached to an aromatic ring is 1. The fourth-order valence-corrected chi connectivity index (χ4v) is 3.17. The van der Waals surface area contributed by atoms with Gasteiger partial charge in [0, 0.05) is 0 Å². The van der Waals surface area contributed by atoms with E-state index in [-0.39, 0.29) is 0 Å². The van der Waals surface area contributed by atoms with E-state index >= 15 is 0 Å². The van der Waals surface area contributed by atoms with Gasteiger partial charge >= 0.3 is 0 Å². The number of ether oxygens (including phenoxy) is 1. The van der Waals surface area contributed by atoms with Crippen molar-refractivity contribution in [3.63, 3.8) is 0 Å². The van der Waals surface area contributed by atoms with Crippen molar-refractivity contribution in [2.45, 2.75) is 52.7 Å². The monoisotopic (exact) mass is 248 g/mol. The van der Waals surface area contributed by atoms with Crippen LogP contribution in [0.5, 0.6) is 0 Å². The predicted octanol–water partition coefficient (Wildman–Crippen LogP) is 3.40. The molecule has 1 aromatic rings. The van der Waals surface area contributed by atoms with Crippen molar-refractivity contribution in [2.24, 2.45) is 11.3 Å². The Hall–Kier alpha value is -1.09. The Kier molecular flexibility index (Phi) is 3.91. The van der Waals surface area contributed by atoms with Crippen molar-refractivity contribution in [3.8, 4) is 0 Å². The lowest BCUT2D eigenvalue weighted by molar-refractivity contribution is -0.0326. The van der Waals surface area contributed by atoms with Gasteiger partial charge < -0.3 is 10.5 Å². The summed E-state index contributed by atoms with van der Waals surface area (Å²) in [5, 5.41) is 0. The first-order valence-corrected chi connectivity index (χ1v) is 6.78. The number of nitrogens with zero attached hydrogens (tertiary/aromatic N) is 1. The maximum atomic E-state index is 6.01.